The van der Waals surface area contributed by atoms with E-state index >= 15 is 0 Å². The van der Waals surface area contributed by atoms with E-state index in [1.54, 1.807) is 31.4 Å². The molecule has 7 heteroatoms. The minimum atomic E-state index is -0.520. The summed E-state index contributed by atoms with van der Waals surface area (Å²) < 4.78 is 30.2. The van der Waals surface area contributed by atoms with Crippen LogP contribution in [-0.4, -0.2) is 30.9 Å². The minimum absolute atomic E-state index is 0.0702. The highest BCUT2D eigenvalue weighted by Crippen LogP contribution is 2.50. The van der Waals surface area contributed by atoms with Gasteiger partial charge in [-0.25, -0.2) is 14.2 Å². The number of carbonyl (C=O) groups excluding carboxylic acids is 1. The third-order valence-electron chi connectivity index (χ3n) is 5.79. The molecule has 2 aliphatic rings. The van der Waals surface area contributed by atoms with Crippen LogP contribution in [0, 0.1) is 5.82 Å². The van der Waals surface area contributed by atoms with Crippen LogP contribution in [0.25, 0.3) is 0 Å². The van der Waals surface area contributed by atoms with E-state index in [0.717, 1.165) is 22.4 Å². The zero-order chi connectivity index (χ0) is 22.2. The van der Waals surface area contributed by atoms with Gasteiger partial charge in [0.25, 0.3) is 0 Å². The second-order valence-corrected chi connectivity index (χ2v) is 7.62. The van der Waals surface area contributed by atoms with Crippen molar-refractivity contribution < 1.29 is 23.4 Å². The van der Waals surface area contributed by atoms with E-state index < -0.39 is 12.2 Å². The first-order valence-corrected chi connectivity index (χ1v) is 10.2. The molecule has 0 fully saturated rings. The van der Waals surface area contributed by atoms with Crippen LogP contribution < -0.4 is 9.47 Å². The van der Waals surface area contributed by atoms with Gasteiger partial charge in [0.1, 0.15) is 5.82 Å². The Morgan fingerprint density at radius 1 is 1.06 bits per heavy atom. The number of fused-ring (bicyclic) bond motifs is 3. The van der Waals surface area contributed by atoms with E-state index in [1.807, 2.05) is 35.3 Å². The number of hydrazone groups is 1. The summed E-state index contributed by atoms with van der Waals surface area (Å²) in [7, 11) is 2.96. The first-order chi connectivity index (χ1) is 15.6. The van der Waals surface area contributed by atoms with E-state index in [1.165, 1.54) is 19.2 Å². The Morgan fingerprint density at radius 3 is 2.50 bits per heavy atom. The first kappa shape index (κ1) is 20.1. The van der Waals surface area contributed by atoms with Gasteiger partial charge >= 0.3 is 5.97 Å². The lowest BCUT2D eigenvalue weighted by Gasteiger charge is -2.38. The number of carbonyl (C=O) groups is 1. The Labute approximate surface area is 184 Å². The lowest BCUT2D eigenvalue weighted by Crippen LogP contribution is -2.33. The van der Waals surface area contributed by atoms with Crippen molar-refractivity contribution in [3.63, 3.8) is 0 Å². The fourth-order valence-electron chi connectivity index (χ4n) is 4.18. The standard InChI is InChI=1S/C25H21FN2O4/c1-30-22-5-3-4-19-21-14-20(15-10-12-18(26)13-11-15)27-28(21)24(32-23(19)22)16-6-8-17(9-7-16)25(29)31-2/h3-13,21,24H,14H2,1-2H3/t21-,24+/m1/s1. The van der Waals surface area contributed by atoms with Crippen LogP contribution in [0.3, 0.4) is 0 Å². The van der Waals surface area contributed by atoms with Gasteiger partial charge in [0.15, 0.2) is 11.5 Å². The smallest absolute Gasteiger partial charge is 0.337 e. The molecule has 0 unspecified atom stereocenters. The number of rotatable bonds is 4. The summed E-state index contributed by atoms with van der Waals surface area (Å²) in [4.78, 5) is 11.8. The molecular formula is C25H21FN2O4. The van der Waals surface area contributed by atoms with Crippen molar-refractivity contribution in [2.24, 2.45) is 5.10 Å². The van der Waals surface area contributed by atoms with Crippen molar-refractivity contribution in [3.8, 4) is 11.5 Å². The number of benzene rings is 3. The summed E-state index contributed by atoms with van der Waals surface area (Å²) in [5, 5.41) is 6.79. The van der Waals surface area contributed by atoms with Gasteiger partial charge in [-0.2, -0.15) is 5.10 Å². The number of esters is 1. The third kappa shape index (κ3) is 3.36. The van der Waals surface area contributed by atoms with Crippen LogP contribution in [-0.2, 0) is 4.74 Å². The number of hydrogen-bond donors (Lipinski definition) is 0. The van der Waals surface area contributed by atoms with Crippen molar-refractivity contribution in [2.45, 2.75) is 18.7 Å². The van der Waals surface area contributed by atoms with Gasteiger partial charge < -0.3 is 14.2 Å². The van der Waals surface area contributed by atoms with E-state index in [0.29, 0.717) is 23.5 Å². The Kier molecular flexibility index (Phi) is 5.01. The highest BCUT2D eigenvalue weighted by atomic mass is 19.1. The molecule has 2 heterocycles. The molecule has 0 N–H and O–H groups in total. The van der Waals surface area contributed by atoms with Gasteiger partial charge in [0.2, 0.25) is 6.23 Å². The second-order valence-electron chi connectivity index (χ2n) is 7.62. The molecule has 0 saturated heterocycles. The van der Waals surface area contributed by atoms with Crippen molar-refractivity contribution in [1.82, 2.24) is 5.01 Å². The van der Waals surface area contributed by atoms with Crippen LogP contribution >= 0.6 is 0 Å². The number of methoxy groups -OCH3 is 2. The van der Waals surface area contributed by atoms with Crippen LogP contribution in [0.15, 0.2) is 71.8 Å². The lowest BCUT2D eigenvalue weighted by atomic mass is 9.95. The first-order valence-electron chi connectivity index (χ1n) is 10.2. The normalized spacial score (nSPS) is 18.8. The van der Waals surface area contributed by atoms with Gasteiger partial charge in [-0.1, -0.05) is 36.4 Å². The summed E-state index contributed by atoms with van der Waals surface area (Å²) in [5.74, 6) is 0.637. The molecule has 0 aromatic heterocycles. The molecule has 0 amide bonds. The molecule has 0 saturated carbocycles. The average molecular weight is 432 g/mol. The van der Waals surface area contributed by atoms with Crippen molar-refractivity contribution in [3.05, 3.63) is 94.8 Å². The van der Waals surface area contributed by atoms with Gasteiger partial charge in [-0.3, -0.25) is 0 Å². The van der Waals surface area contributed by atoms with Crippen molar-refractivity contribution in [2.75, 3.05) is 14.2 Å². The van der Waals surface area contributed by atoms with E-state index in [4.69, 9.17) is 19.3 Å². The molecule has 6 nitrogen and oxygen atoms in total. The topological polar surface area (TPSA) is 60.4 Å². The number of halogens is 1. The quantitative estimate of drug-likeness (QED) is 0.551. The van der Waals surface area contributed by atoms with Crippen LogP contribution in [0.2, 0.25) is 0 Å². The summed E-state index contributed by atoms with van der Waals surface area (Å²) in [6.45, 7) is 0. The molecule has 162 valence electrons. The van der Waals surface area contributed by atoms with Gasteiger partial charge in [-0.05, 0) is 35.9 Å². The Hall–Kier alpha value is -3.87. The number of para-hydroxylation sites is 1. The summed E-state index contributed by atoms with van der Waals surface area (Å²) >= 11 is 0. The third-order valence-corrected chi connectivity index (χ3v) is 5.79. The molecule has 0 spiro atoms. The van der Waals surface area contributed by atoms with Gasteiger partial charge in [-0.15, -0.1) is 0 Å². The molecule has 0 bridgehead atoms. The molecule has 3 aromatic rings. The molecule has 3 aromatic carbocycles. The molecule has 2 aliphatic heterocycles. The van der Waals surface area contributed by atoms with E-state index in [2.05, 4.69) is 0 Å². The van der Waals surface area contributed by atoms with E-state index in [-0.39, 0.29) is 11.9 Å². The minimum Gasteiger partial charge on any atom is -0.493 e. The summed E-state index contributed by atoms with van der Waals surface area (Å²) in [6, 6.07) is 19.2. The van der Waals surface area contributed by atoms with Crippen LogP contribution in [0.1, 0.15) is 45.7 Å². The maximum Gasteiger partial charge on any atom is 0.337 e. The predicted octanol–water partition coefficient (Wildman–Crippen LogP) is 4.86. The average Bonchev–Trinajstić information content (AvgIpc) is 3.29. The zero-order valence-corrected chi connectivity index (χ0v) is 17.6. The predicted molar refractivity (Wildman–Crippen MR) is 116 cm³/mol. The monoisotopic (exact) mass is 432 g/mol. The number of hydrogen-bond acceptors (Lipinski definition) is 6. The SMILES string of the molecule is COC(=O)c1ccc([C@@H]2Oc3c(OC)cccc3[C@H]3CC(c4ccc(F)cc4)=NN32)cc1. The van der Waals surface area contributed by atoms with Crippen molar-refractivity contribution >= 4 is 11.7 Å². The Balaban J connectivity index is 1.57. The Bertz CT molecular complexity index is 1190. The van der Waals surface area contributed by atoms with Crippen molar-refractivity contribution in [1.29, 1.82) is 0 Å². The number of ether oxygens (including phenoxy) is 3. The van der Waals surface area contributed by atoms with Crippen LogP contribution in [0.5, 0.6) is 11.5 Å². The number of nitrogens with zero attached hydrogens (tertiary/aromatic N) is 2. The van der Waals surface area contributed by atoms with Gasteiger partial charge in [0, 0.05) is 17.5 Å². The molecule has 32 heavy (non-hydrogen) atoms. The fraction of sp³-hybridized carbons (Fsp3) is 0.200. The Morgan fingerprint density at radius 2 is 1.81 bits per heavy atom. The molecule has 5 rings (SSSR count). The fourth-order valence-corrected chi connectivity index (χ4v) is 4.18. The highest BCUT2D eigenvalue weighted by molar-refractivity contribution is 6.02. The molecule has 0 aliphatic carbocycles. The van der Waals surface area contributed by atoms with E-state index in [9.17, 15) is 9.18 Å². The second kappa shape index (κ2) is 8.00. The zero-order valence-electron chi connectivity index (χ0n) is 17.6. The largest absolute Gasteiger partial charge is 0.493 e. The van der Waals surface area contributed by atoms with Gasteiger partial charge in [0.05, 0.1) is 31.5 Å². The summed E-state index contributed by atoms with van der Waals surface area (Å²) in [5.41, 5.74) is 3.99. The van der Waals surface area contributed by atoms with Crippen LogP contribution in [0.4, 0.5) is 4.39 Å². The molecule has 0 radical (unpaired) electrons. The highest BCUT2D eigenvalue weighted by Gasteiger charge is 2.42. The summed E-state index contributed by atoms with van der Waals surface area (Å²) in [6.07, 6.45) is 0.125. The molecule has 2 atom stereocenters. The lowest BCUT2D eigenvalue weighted by molar-refractivity contribution is -0.0209. The maximum absolute atomic E-state index is 13.4. The molecular weight excluding hydrogens is 411 g/mol. The maximum atomic E-state index is 13.4.